The lowest BCUT2D eigenvalue weighted by Gasteiger charge is -2.22. The molecule has 0 bridgehead atoms. The maximum atomic E-state index is 5.69. The summed E-state index contributed by atoms with van der Waals surface area (Å²) in [4.78, 5) is 0. The zero-order valence-electron chi connectivity index (χ0n) is 10.5. The zero-order chi connectivity index (χ0) is 11.8. The van der Waals surface area contributed by atoms with E-state index in [1.54, 1.807) is 0 Å². The number of ether oxygens (including phenoxy) is 1. The predicted octanol–water partition coefficient (Wildman–Crippen LogP) is 2.98. The van der Waals surface area contributed by atoms with Crippen molar-refractivity contribution in [2.45, 2.75) is 32.3 Å². The first-order valence-corrected chi connectivity index (χ1v) is 6.77. The predicted molar refractivity (Wildman–Crippen MR) is 70.9 cm³/mol. The third-order valence-electron chi connectivity index (χ3n) is 3.41. The number of nitrogens with one attached hydrogen (secondary N) is 1. The average molecular weight is 233 g/mol. The summed E-state index contributed by atoms with van der Waals surface area (Å²) in [7, 11) is 0. The largest absolute Gasteiger partial charge is 0.377 e. The van der Waals surface area contributed by atoms with Gasteiger partial charge in [0.1, 0.15) is 0 Å². The van der Waals surface area contributed by atoms with Crippen LogP contribution in [0.25, 0.3) is 0 Å². The fraction of sp³-hybridized carbons (Fsp3) is 0.600. The Bertz CT molecular complexity index is 293. The van der Waals surface area contributed by atoms with E-state index in [4.69, 9.17) is 4.74 Å². The Balaban J connectivity index is 1.51. The summed E-state index contributed by atoms with van der Waals surface area (Å²) in [5.74, 6) is 0.879. The number of benzene rings is 1. The molecule has 1 aromatic rings. The van der Waals surface area contributed by atoms with Crippen LogP contribution in [0.3, 0.4) is 0 Å². The molecule has 1 aliphatic heterocycles. The van der Waals surface area contributed by atoms with Gasteiger partial charge >= 0.3 is 0 Å². The molecule has 1 aromatic carbocycles. The molecule has 1 saturated heterocycles. The van der Waals surface area contributed by atoms with Gasteiger partial charge in [-0.15, -0.1) is 0 Å². The normalized spacial score (nSPS) is 20.4. The van der Waals surface area contributed by atoms with Crippen LogP contribution in [-0.4, -0.2) is 19.7 Å². The molecule has 0 spiro atoms. The van der Waals surface area contributed by atoms with Crippen molar-refractivity contribution in [3.8, 4) is 0 Å². The van der Waals surface area contributed by atoms with Crippen LogP contribution in [0.2, 0.25) is 0 Å². The molecule has 17 heavy (non-hydrogen) atoms. The third-order valence-corrected chi connectivity index (χ3v) is 3.41. The van der Waals surface area contributed by atoms with E-state index in [1.165, 1.54) is 44.3 Å². The van der Waals surface area contributed by atoms with Gasteiger partial charge in [-0.25, -0.2) is 0 Å². The fourth-order valence-electron chi connectivity index (χ4n) is 2.41. The van der Waals surface area contributed by atoms with Crippen molar-refractivity contribution >= 4 is 0 Å². The van der Waals surface area contributed by atoms with Crippen LogP contribution in [0, 0.1) is 5.92 Å². The van der Waals surface area contributed by atoms with E-state index in [2.05, 4.69) is 29.6 Å². The molecule has 1 heterocycles. The highest BCUT2D eigenvalue weighted by molar-refractivity contribution is 5.13. The second-order valence-corrected chi connectivity index (χ2v) is 4.89. The molecule has 1 aliphatic rings. The Morgan fingerprint density at radius 1 is 1.24 bits per heavy atom. The summed E-state index contributed by atoms with van der Waals surface area (Å²) in [6, 6.07) is 10.4. The molecule has 1 N–H and O–H groups in total. The molecule has 0 saturated carbocycles. The molecular formula is C15H23NO. The summed E-state index contributed by atoms with van der Waals surface area (Å²) in [6.45, 7) is 4.06. The lowest BCUT2D eigenvalue weighted by Crippen LogP contribution is -2.29. The van der Waals surface area contributed by atoms with Gasteiger partial charge < -0.3 is 10.1 Å². The summed E-state index contributed by atoms with van der Waals surface area (Å²) >= 11 is 0. The highest BCUT2D eigenvalue weighted by Crippen LogP contribution is 2.15. The second kappa shape index (κ2) is 7.46. The Kier molecular flexibility index (Phi) is 5.53. The van der Waals surface area contributed by atoms with E-state index < -0.39 is 0 Å². The Morgan fingerprint density at radius 3 is 2.88 bits per heavy atom. The van der Waals surface area contributed by atoms with Crippen LogP contribution in [0.5, 0.6) is 0 Å². The fourth-order valence-corrected chi connectivity index (χ4v) is 2.41. The van der Waals surface area contributed by atoms with Crippen LogP contribution < -0.4 is 5.32 Å². The first-order valence-electron chi connectivity index (χ1n) is 6.77. The van der Waals surface area contributed by atoms with Gasteiger partial charge in [0.15, 0.2) is 0 Å². The SMILES string of the molecule is c1ccc(COCCC[C@@H]2CCCNC2)cc1. The first-order chi connectivity index (χ1) is 8.45. The lowest BCUT2D eigenvalue weighted by atomic mass is 9.95. The molecular weight excluding hydrogens is 210 g/mol. The molecule has 2 heteroatoms. The summed E-state index contributed by atoms with van der Waals surface area (Å²) < 4.78 is 5.69. The van der Waals surface area contributed by atoms with Crippen molar-refractivity contribution in [1.82, 2.24) is 5.32 Å². The Hall–Kier alpha value is -0.860. The van der Waals surface area contributed by atoms with Crippen molar-refractivity contribution in [3.05, 3.63) is 35.9 Å². The van der Waals surface area contributed by atoms with Crippen LogP contribution >= 0.6 is 0 Å². The molecule has 0 amide bonds. The lowest BCUT2D eigenvalue weighted by molar-refractivity contribution is 0.112. The molecule has 0 radical (unpaired) electrons. The number of rotatable bonds is 6. The molecule has 2 nitrogen and oxygen atoms in total. The van der Waals surface area contributed by atoms with Gasteiger partial charge in [0.2, 0.25) is 0 Å². The van der Waals surface area contributed by atoms with Crippen LogP contribution in [-0.2, 0) is 11.3 Å². The van der Waals surface area contributed by atoms with Crippen molar-refractivity contribution in [2.24, 2.45) is 5.92 Å². The third kappa shape index (κ3) is 4.88. The monoisotopic (exact) mass is 233 g/mol. The smallest absolute Gasteiger partial charge is 0.0716 e. The van der Waals surface area contributed by atoms with Gasteiger partial charge in [0.05, 0.1) is 6.61 Å². The molecule has 94 valence electrons. The van der Waals surface area contributed by atoms with Gasteiger partial charge in [0.25, 0.3) is 0 Å². The van der Waals surface area contributed by atoms with Gasteiger partial charge in [-0.1, -0.05) is 30.3 Å². The van der Waals surface area contributed by atoms with Crippen LogP contribution in [0.1, 0.15) is 31.2 Å². The topological polar surface area (TPSA) is 21.3 Å². The van der Waals surface area contributed by atoms with Gasteiger partial charge in [0, 0.05) is 6.61 Å². The number of hydrogen-bond donors (Lipinski definition) is 1. The van der Waals surface area contributed by atoms with Crippen molar-refractivity contribution in [2.75, 3.05) is 19.7 Å². The maximum absolute atomic E-state index is 5.69. The summed E-state index contributed by atoms with van der Waals surface area (Å²) in [5, 5.41) is 3.46. The van der Waals surface area contributed by atoms with Crippen molar-refractivity contribution in [3.63, 3.8) is 0 Å². The minimum atomic E-state index is 0.754. The van der Waals surface area contributed by atoms with E-state index >= 15 is 0 Å². The maximum Gasteiger partial charge on any atom is 0.0716 e. The average Bonchev–Trinajstić information content (AvgIpc) is 2.41. The molecule has 2 rings (SSSR count). The van der Waals surface area contributed by atoms with E-state index in [9.17, 15) is 0 Å². The van der Waals surface area contributed by atoms with Gasteiger partial charge in [-0.3, -0.25) is 0 Å². The van der Waals surface area contributed by atoms with Gasteiger partial charge in [-0.2, -0.15) is 0 Å². The highest BCUT2D eigenvalue weighted by atomic mass is 16.5. The van der Waals surface area contributed by atoms with Crippen molar-refractivity contribution < 1.29 is 4.74 Å². The first kappa shape index (κ1) is 12.6. The van der Waals surface area contributed by atoms with Crippen LogP contribution in [0.4, 0.5) is 0 Å². The number of hydrogen-bond acceptors (Lipinski definition) is 2. The van der Waals surface area contributed by atoms with Gasteiger partial charge in [-0.05, 0) is 50.3 Å². The summed E-state index contributed by atoms with van der Waals surface area (Å²) in [5.41, 5.74) is 1.27. The van der Waals surface area contributed by atoms with E-state index in [0.717, 1.165) is 19.1 Å². The molecule has 0 aromatic heterocycles. The quantitative estimate of drug-likeness (QED) is 0.763. The standard InChI is InChI=1S/C15H23NO/c1-2-6-15(7-3-1)13-17-11-5-9-14-8-4-10-16-12-14/h1-3,6-7,14,16H,4-5,8-13H2/t14-/m0/s1. The van der Waals surface area contributed by atoms with E-state index in [0.29, 0.717) is 0 Å². The highest BCUT2D eigenvalue weighted by Gasteiger charge is 2.11. The Morgan fingerprint density at radius 2 is 2.12 bits per heavy atom. The Labute approximate surface area is 104 Å². The van der Waals surface area contributed by atoms with Crippen LogP contribution in [0.15, 0.2) is 30.3 Å². The van der Waals surface area contributed by atoms with E-state index in [-0.39, 0.29) is 0 Å². The molecule has 0 unspecified atom stereocenters. The number of piperidine rings is 1. The molecule has 1 atom stereocenters. The molecule has 0 aliphatic carbocycles. The zero-order valence-corrected chi connectivity index (χ0v) is 10.5. The minimum Gasteiger partial charge on any atom is -0.377 e. The molecule has 1 fully saturated rings. The summed E-state index contributed by atoms with van der Waals surface area (Å²) in [6.07, 6.45) is 5.24. The minimum absolute atomic E-state index is 0.754. The second-order valence-electron chi connectivity index (χ2n) is 4.89. The van der Waals surface area contributed by atoms with E-state index in [1.807, 2.05) is 6.07 Å². The van der Waals surface area contributed by atoms with Crippen molar-refractivity contribution in [1.29, 1.82) is 0 Å².